The minimum Gasteiger partial charge on any atom is -0.325 e. The largest absolute Gasteiger partial charge is 0.325 e. The Morgan fingerprint density at radius 3 is 2.80 bits per heavy atom. The monoisotopic (exact) mass is 424 g/mol. The first-order chi connectivity index (χ1) is 14.4. The molecule has 0 bridgehead atoms. The summed E-state index contributed by atoms with van der Waals surface area (Å²) in [5, 5.41) is 5.76. The number of nitrogens with zero attached hydrogens (tertiary/aromatic N) is 2. The van der Waals surface area contributed by atoms with Crippen LogP contribution < -0.4 is 10.6 Å². The molecular formula is C22H21FN4O2S. The highest BCUT2D eigenvalue weighted by Crippen LogP contribution is 2.25. The van der Waals surface area contributed by atoms with Crippen molar-refractivity contribution >= 4 is 35.0 Å². The number of imidazole rings is 1. The van der Waals surface area contributed by atoms with Gasteiger partial charge in [-0.25, -0.2) is 9.37 Å². The van der Waals surface area contributed by atoms with Crippen molar-refractivity contribution in [2.75, 3.05) is 16.4 Å². The molecule has 0 radical (unpaired) electrons. The van der Waals surface area contributed by atoms with Gasteiger partial charge in [0.15, 0.2) is 5.16 Å². The molecule has 30 heavy (non-hydrogen) atoms. The molecule has 2 amide bonds. The van der Waals surface area contributed by atoms with Gasteiger partial charge in [0.1, 0.15) is 5.82 Å². The first-order valence-corrected chi connectivity index (χ1v) is 10.1. The van der Waals surface area contributed by atoms with Gasteiger partial charge in [-0.1, -0.05) is 30.5 Å². The normalized spacial score (nSPS) is 10.5. The highest BCUT2D eigenvalue weighted by atomic mass is 32.2. The van der Waals surface area contributed by atoms with E-state index >= 15 is 0 Å². The second-order valence-electron chi connectivity index (χ2n) is 6.52. The Balaban J connectivity index is 1.67. The Hall–Kier alpha value is -3.39. The number of nitrogens with one attached hydrogen (secondary N) is 2. The van der Waals surface area contributed by atoms with Crippen molar-refractivity contribution in [3.05, 3.63) is 78.4 Å². The lowest BCUT2D eigenvalue weighted by atomic mass is 10.1. The minimum atomic E-state index is -0.604. The van der Waals surface area contributed by atoms with Crippen LogP contribution in [0.4, 0.5) is 15.8 Å². The molecule has 2 N–H and O–H groups in total. The van der Waals surface area contributed by atoms with Crippen LogP contribution in [0.1, 0.15) is 11.1 Å². The summed E-state index contributed by atoms with van der Waals surface area (Å²) in [5.41, 5.74) is 3.67. The van der Waals surface area contributed by atoms with Crippen LogP contribution >= 0.6 is 11.8 Å². The van der Waals surface area contributed by atoms with E-state index in [0.717, 1.165) is 17.3 Å². The number of halogens is 1. The zero-order valence-electron chi connectivity index (χ0n) is 16.6. The van der Waals surface area contributed by atoms with Gasteiger partial charge in [-0.2, -0.15) is 0 Å². The number of thioether (sulfide) groups is 1. The van der Waals surface area contributed by atoms with Crippen LogP contribution in [0.5, 0.6) is 0 Å². The Morgan fingerprint density at radius 1 is 1.23 bits per heavy atom. The molecule has 3 rings (SSSR count). The summed E-state index contributed by atoms with van der Waals surface area (Å²) in [7, 11) is 0. The van der Waals surface area contributed by atoms with Gasteiger partial charge >= 0.3 is 0 Å². The fourth-order valence-corrected chi connectivity index (χ4v) is 3.55. The van der Waals surface area contributed by atoms with E-state index in [9.17, 15) is 14.0 Å². The van der Waals surface area contributed by atoms with E-state index in [2.05, 4.69) is 22.2 Å². The predicted octanol–water partition coefficient (Wildman–Crippen LogP) is 4.48. The zero-order valence-corrected chi connectivity index (χ0v) is 17.4. The Bertz CT molecular complexity index is 1110. The van der Waals surface area contributed by atoms with Crippen LogP contribution in [0, 0.1) is 19.7 Å². The molecule has 2 aromatic carbocycles. The average Bonchev–Trinajstić information content (AvgIpc) is 3.19. The predicted molar refractivity (Wildman–Crippen MR) is 118 cm³/mol. The van der Waals surface area contributed by atoms with Crippen molar-refractivity contribution in [2.24, 2.45) is 0 Å². The second kappa shape index (κ2) is 9.41. The standard InChI is InChI=1S/C22H21FN4O2S/c1-4-20(28)26-18-12-16(8-9-17(18)23)25-21(29)13-30-22-24-10-11-27(22)19-7-5-6-14(2)15(19)3/h4-12H,1,13H2,2-3H3,(H,25,29)(H,26,28). The number of aryl methyl sites for hydroxylation is 1. The van der Waals surface area contributed by atoms with E-state index in [-0.39, 0.29) is 17.3 Å². The van der Waals surface area contributed by atoms with Gasteiger partial charge in [-0.15, -0.1) is 0 Å². The van der Waals surface area contributed by atoms with E-state index in [1.165, 1.54) is 35.5 Å². The molecule has 0 saturated carbocycles. The van der Waals surface area contributed by atoms with Gasteiger partial charge in [0.2, 0.25) is 11.8 Å². The summed E-state index contributed by atoms with van der Waals surface area (Å²) in [6.45, 7) is 7.42. The van der Waals surface area contributed by atoms with Crippen molar-refractivity contribution in [1.29, 1.82) is 0 Å². The number of benzene rings is 2. The van der Waals surface area contributed by atoms with Gasteiger partial charge in [-0.3, -0.25) is 14.2 Å². The molecule has 1 heterocycles. The number of hydrogen-bond donors (Lipinski definition) is 2. The molecule has 0 aliphatic heterocycles. The number of rotatable bonds is 7. The van der Waals surface area contributed by atoms with E-state index in [1.54, 1.807) is 6.20 Å². The summed E-state index contributed by atoms with van der Waals surface area (Å²) in [4.78, 5) is 28.1. The first kappa shape index (κ1) is 21.3. The van der Waals surface area contributed by atoms with Crippen molar-refractivity contribution < 1.29 is 14.0 Å². The zero-order chi connectivity index (χ0) is 21.7. The van der Waals surface area contributed by atoms with Crippen LogP contribution in [0.15, 0.2) is 66.6 Å². The third-order valence-corrected chi connectivity index (χ3v) is 5.43. The number of carbonyl (C=O) groups is 2. The molecule has 0 spiro atoms. The lowest BCUT2D eigenvalue weighted by Gasteiger charge is -2.12. The van der Waals surface area contributed by atoms with Gasteiger partial charge in [0.05, 0.1) is 17.1 Å². The summed E-state index contributed by atoms with van der Waals surface area (Å²) >= 11 is 1.29. The molecule has 0 fully saturated rings. The minimum absolute atomic E-state index is 0.0316. The van der Waals surface area contributed by atoms with Crippen LogP contribution in [0.2, 0.25) is 0 Å². The van der Waals surface area contributed by atoms with Gasteiger partial charge in [0, 0.05) is 18.1 Å². The van der Waals surface area contributed by atoms with E-state index < -0.39 is 11.7 Å². The molecule has 1 aromatic heterocycles. The molecule has 8 heteroatoms. The molecule has 154 valence electrons. The number of amides is 2. The third kappa shape index (κ3) is 4.96. The second-order valence-corrected chi connectivity index (χ2v) is 7.47. The van der Waals surface area contributed by atoms with Crippen molar-refractivity contribution in [3.8, 4) is 5.69 Å². The SMILES string of the molecule is C=CC(=O)Nc1cc(NC(=O)CSc2nccn2-c2cccc(C)c2C)ccc1F. The summed E-state index contributed by atoms with van der Waals surface area (Å²) < 4.78 is 15.8. The highest BCUT2D eigenvalue weighted by molar-refractivity contribution is 7.99. The lowest BCUT2D eigenvalue weighted by Crippen LogP contribution is -2.15. The van der Waals surface area contributed by atoms with Crippen LogP contribution in [-0.4, -0.2) is 27.1 Å². The Morgan fingerprint density at radius 2 is 2.03 bits per heavy atom. The lowest BCUT2D eigenvalue weighted by molar-refractivity contribution is -0.114. The Labute approximate surface area is 178 Å². The maximum absolute atomic E-state index is 13.8. The van der Waals surface area contributed by atoms with Crippen molar-refractivity contribution in [2.45, 2.75) is 19.0 Å². The van der Waals surface area contributed by atoms with Crippen molar-refractivity contribution in [1.82, 2.24) is 9.55 Å². The Kier molecular flexibility index (Phi) is 6.68. The van der Waals surface area contributed by atoms with Crippen LogP contribution in [-0.2, 0) is 9.59 Å². The van der Waals surface area contributed by atoms with E-state index in [0.29, 0.717) is 10.8 Å². The van der Waals surface area contributed by atoms with Crippen LogP contribution in [0.25, 0.3) is 5.69 Å². The average molecular weight is 425 g/mol. The molecule has 0 aliphatic rings. The molecular weight excluding hydrogens is 403 g/mol. The summed E-state index contributed by atoms with van der Waals surface area (Å²) in [6, 6.07) is 10.00. The molecule has 0 aliphatic carbocycles. The number of aromatic nitrogens is 2. The van der Waals surface area contributed by atoms with Gasteiger partial charge in [0.25, 0.3) is 0 Å². The number of hydrogen-bond acceptors (Lipinski definition) is 4. The third-order valence-electron chi connectivity index (χ3n) is 4.47. The molecule has 3 aromatic rings. The smallest absolute Gasteiger partial charge is 0.247 e. The van der Waals surface area contributed by atoms with Gasteiger partial charge in [-0.05, 0) is 55.3 Å². The fraction of sp³-hybridized carbons (Fsp3) is 0.136. The molecule has 0 unspecified atom stereocenters. The highest BCUT2D eigenvalue weighted by Gasteiger charge is 2.13. The van der Waals surface area contributed by atoms with E-state index in [4.69, 9.17) is 0 Å². The van der Waals surface area contributed by atoms with Crippen molar-refractivity contribution in [3.63, 3.8) is 0 Å². The molecule has 0 saturated heterocycles. The molecule has 0 atom stereocenters. The topological polar surface area (TPSA) is 76.0 Å². The maximum Gasteiger partial charge on any atom is 0.247 e. The quantitative estimate of drug-likeness (QED) is 0.433. The summed E-state index contributed by atoms with van der Waals surface area (Å²) in [5.74, 6) is -1.30. The number of carbonyl (C=O) groups excluding carboxylic acids is 2. The van der Waals surface area contributed by atoms with Gasteiger partial charge < -0.3 is 10.6 Å². The summed E-state index contributed by atoms with van der Waals surface area (Å²) in [6.07, 6.45) is 4.59. The first-order valence-electron chi connectivity index (χ1n) is 9.14. The number of anilines is 2. The maximum atomic E-state index is 13.8. The van der Waals surface area contributed by atoms with Crippen LogP contribution in [0.3, 0.4) is 0 Å². The van der Waals surface area contributed by atoms with E-state index in [1.807, 2.05) is 42.8 Å². The molecule has 6 nitrogen and oxygen atoms in total. The fourth-order valence-electron chi connectivity index (χ4n) is 2.79.